The van der Waals surface area contributed by atoms with Gasteiger partial charge in [0.1, 0.15) is 5.70 Å². The standard InChI is InChI=1S/C24H20N4O6/c1-33-19-11-8-16(13-20(19)34-2)26-22-21(15-6-9-18(10-7-15)28(31)32)23(29)27(24(22)30)14-17-5-3-4-12-25-17/h3-13,26H,14H2,1-2H3. The number of amides is 2. The van der Waals surface area contributed by atoms with Crippen molar-refractivity contribution in [2.75, 3.05) is 19.5 Å². The molecule has 1 aliphatic heterocycles. The largest absolute Gasteiger partial charge is 0.493 e. The first-order chi connectivity index (χ1) is 16.4. The first kappa shape index (κ1) is 22.5. The second-order valence-corrected chi connectivity index (χ2v) is 7.27. The fourth-order valence-corrected chi connectivity index (χ4v) is 3.57. The van der Waals surface area contributed by atoms with Crippen molar-refractivity contribution in [2.45, 2.75) is 6.54 Å². The Bertz CT molecular complexity index is 1290. The van der Waals surface area contributed by atoms with Gasteiger partial charge in [0.2, 0.25) is 0 Å². The molecule has 1 aliphatic rings. The Balaban J connectivity index is 1.75. The number of nitrogens with zero attached hydrogens (tertiary/aromatic N) is 3. The Kier molecular flexibility index (Phi) is 6.22. The minimum absolute atomic E-state index is 0.0217. The zero-order valence-electron chi connectivity index (χ0n) is 18.3. The minimum Gasteiger partial charge on any atom is -0.493 e. The van der Waals surface area contributed by atoms with E-state index >= 15 is 0 Å². The fraction of sp³-hybridized carbons (Fsp3) is 0.125. The Morgan fingerprint density at radius 2 is 1.71 bits per heavy atom. The van der Waals surface area contributed by atoms with Crippen LogP contribution in [0, 0.1) is 10.1 Å². The number of benzene rings is 2. The normalized spacial score (nSPS) is 13.3. The van der Waals surface area contributed by atoms with Gasteiger partial charge in [0, 0.05) is 30.1 Å². The molecule has 0 spiro atoms. The summed E-state index contributed by atoms with van der Waals surface area (Å²) in [7, 11) is 3.00. The number of hydrogen-bond acceptors (Lipinski definition) is 8. The van der Waals surface area contributed by atoms with Crippen molar-refractivity contribution in [3.05, 3.63) is 93.9 Å². The van der Waals surface area contributed by atoms with Crippen molar-refractivity contribution in [1.82, 2.24) is 9.88 Å². The van der Waals surface area contributed by atoms with E-state index in [0.717, 1.165) is 4.90 Å². The summed E-state index contributed by atoms with van der Waals surface area (Å²) in [5, 5.41) is 14.1. The van der Waals surface area contributed by atoms with Crippen LogP contribution in [0.5, 0.6) is 11.5 Å². The van der Waals surface area contributed by atoms with Crippen molar-refractivity contribution in [3.63, 3.8) is 0 Å². The van der Waals surface area contributed by atoms with Crippen molar-refractivity contribution in [2.24, 2.45) is 0 Å². The van der Waals surface area contributed by atoms with E-state index in [-0.39, 0.29) is 23.5 Å². The molecule has 0 atom stereocenters. The van der Waals surface area contributed by atoms with Crippen molar-refractivity contribution >= 4 is 28.8 Å². The number of anilines is 1. The first-order valence-corrected chi connectivity index (χ1v) is 10.2. The summed E-state index contributed by atoms with van der Waals surface area (Å²) in [6, 6.07) is 15.7. The molecule has 0 fully saturated rings. The summed E-state index contributed by atoms with van der Waals surface area (Å²) in [6.07, 6.45) is 1.58. The maximum atomic E-state index is 13.4. The van der Waals surface area contributed by atoms with E-state index in [2.05, 4.69) is 10.3 Å². The van der Waals surface area contributed by atoms with Gasteiger partial charge in [-0.25, -0.2) is 0 Å². The molecule has 2 amide bonds. The summed E-state index contributed by atoms with van der Waals surface area (Å²) < 4.78 is 10.6. The molecule has 172 valence electrons. The monoisotopic (exact) mass is 460 g/mol. The van der Waals surface area contributed by atoms with Crippen molar-refractivity contribution < 1.29 is 24.0 Å². The Morgan fingerprint density at radius 3 is 2.32 bits per heavy atom. The lowest BCUT2D eigenvalue weighted by molar-refractivity contribution is -0.384. The lowest BCUT2D eigenvalue weighted by Crippen LogP contribution is -2.32. The van der Waals surface area contributed by atoms with Gasteiger partial charge in [0.15, 0.2) is 11.5 Å². The number of aromatic nitrogens is 1. The summed E-state index contributed by atoms with van der Waals surface area (Å²) in [4.78, 5) is 42.5. The molecule has 10 nitrogen and oxygen atoms in total. The predicted octanol–water partition coefficient (Wildman–Crippen LogP) is 3.40. The van der Waals surface area contributed by atoms with Gasteiger partial charge in [-0.15, -0.1) is 0 Å². The number of nitro groups is 1. The molecule has 4 rings (SSSR count). The molecule has 0 aliphatic carbocycles. The molecule has 2 heterocycles. The average molecular weight is 460 g/mol. The van der Waals surface area contributed by atoms with Crippen molar-refractivity contribution in [3.8, 4) is 11.5 Å². The molecule has 10 heteroatoms. The topological polar surface area (TPSA) is 124 Å². The van der Waals surface area contributed by atoms with Crippen LogP contribution in [-0.4, -0.2) is 40.8 Å². The number of nitro benzene ring substituents is 1. The van der Waals surface area contributed by atoms with E-state index in [1.807, 2.05) is 0 Å². The summed E-state index contributed by atoms with van der Waals surface area (Å²) >= 11 is 0. The number of rotatable bonds is 8. The number of carbonyl (C=O) groups excluding carboxylic acids is 2. The molecular formula is C24H20N4O6. The van der Waals surface area contributed by atoms with E-state index in [0.29, 0.717) is 28.4 Å². The van der Waals surface area contributed by atoms with Gasteiger partial charge < -0.3 is 14.8 Å². The molecule has 0 radical (unpaired) electrons. The van der Waals surface area contributed by atoms with Crippen LogP contribution in [0.1, 0.15) is 11.3 Å². The molecule has 0 saturated heterocycles. The molecule has 34 heavy (non-hydrogen) atoms. The molecule has 1 N–H and O–H groups in total. The SMILES string of the molecule is COc1ccc(NC2=C(c3ccc([N+](=O)[O-])cc3)C(=O)N(Cc3ccccn3)C2=O)cc1OC. The van der Waals surface area contributed by atoms with E-state index in [4.69, 9.17) is 9.47 Å². The molecular weight excluding hydrogens is 440 g/mol. The van der Waals surface area contributed by atoms with Gasteiger partial charge in [0.05, 0.1) is 37.0 Å². The second kappa shape index (κ2) is 9.41. The quantitative estimate of drug-likeness (QED) is 0.308. The number of methoxy groups -OCH3 is 2. The molecule has 2 aromatic carbocycles. The molecule has 3 aromatic rings. The van der Waals surface area contributed by atoms with Crippen LogP contribution in [0.25, 0.3) is 5.57 Å². The minimum atomic E-state index is -0.543. The van der Waals surface area contributed by atoms with Gasteiger partial charge in [0.25, 0.3) is 17.5 Å². The van der Waals surface area contributed by atoms with Gasteiger partial charge in [-0.2, -0.15) is 0 Å². The predicted molar refractivity (Wildman–Crippen MR) is 123 cm³/mol. The summed E-state index contributed by atoms with van der Waals surface area (Å²) in [5.41, 5.74) is 1.43. The average Bonchev–Trinajstić information content (AvgIpc) is 3.08. The number of non-ortho nitro benzene ring substituents is 1. The Morgan fingerprint density at radius 1 is 0.971 bits per heavy atom. The first-order valence-electron chi connectivity index (χ1n) is 10.2. The van der Waals surface area contributed by atoms with E-state index < -0.39 is 16.7 Å². The highest BCUT2D eigenvalue weighted by Crippen LogP contribution is 2.35. The molecule has 1 aromatic heterocycles. The fourth-order valence-electron chi connectivity index (χ4n) is 3.57. The van der Waals surface area contributed by atoms with E-state index in [1.54, 1.807) is 42.6 Å². The number of hydrogen-bond donors (Lipinski definition) is 1. The third-order valence-electron chi connectivity index (χ3n) is 5.23. The van der Waals surface area contributed by atoms with E-state index in [9.17, 15) is 19.7 Å². The van der Waals surface area contributed by atoms with Gasteiger partial charge >= 0.3 is 0 Å². The lowest BCUT2D eigenvalue weighted by atomic mass is 10.0. The summed E-state index contributed by atoms with van der Waals surface area (Å²) in [6.45, 7) is -0.0217. The summed E-state index contributed by atoms with van der Waals surface area (Å²) in [5.74, 6) is -0.137. The van der Waals surface area contributed by atoms with Crippen LogP contribution in [0.4, 0.5) is 11.4 Å². The van der Waals surface area contributed by atoms with Gasteiger partial charge in [-0.1, -0.05) is 6.07 Å². The van der Waals surface area contributed by atoms with Gasteiger partial charge in [-0.05, 0) is 42.0 Å². The number of nitrogens with one attached hydrogen (secondary N) is 1. The molecule has 0 bridgehead atoms. The van der Waals surface area contributed by atoms with E-state index in [1.165, 1.54) is 38.5 Å². The second-order valence-electron chi connectivity index (χ2n) is 7.27. The Labute approximate surface area is 194 Å². The number of imide groups is 1. The zero-order chi connectivity index (χ0) is 24.2. The van der Waals surface area contributed by atoms with Crippen LogP contribution in [-0.2, 0) is 16.1 Å². The smallest absolute Gasteiger partial charge is 0.278 e. The van der Waals surface area contributed by atoms with Crippen LogP contribution in [0.3, 0.4) is 0 Å². The maximum absolute atomic E-state index is 13.4. The van der Waals surface area contributed by atoms with Crippen LogP contribution in [0.15, 0.2) is 72.6 Å². The maximum Gasteiger partial charge on any atom is 0.278 e. The molecule has 0 saturated carbocycles. The highest BCUT2D eigenvalue weighted by molar-refractivity contribution is 6.36. The highest BCUT2D eigenvalue weighted by atomic mass is 16.6. The third-order valence-corrected chi connectivity index (χ3v) is 5.23. The van der Waals surface area contributed by atoms with Crippen molar-refractivity contribution in [1.29, 1.82) is 0 Å². The number of carbonyl (C=O) groups is 2. The lowest BCUT2D eigenvalue weighted by Gasteiger charge is -2.15. The zero-order valence-corrected chi connectivity index (χ0v) is 18.3. The van der Waals surface area contributed by atoms with Crippen LogP contribution in [0.2, 0.25) is 0 Å². The van der Waals surface area contributed by atoms with Crippen LogP contribution < -0.4 is 14.8 Å². The number of ether oxygens (including phenoxy) is 2. The Hall–Kier alpha value is -4.73. The third kappa shape index (κ3) is 4.29. The highest BCUT2D eigenvalue weighted by Gasteiger charge is 2.39. The molecule has 0 unspecified atom stereocenters. The number of pyridine rings is 1. The van der Waals surface area contributed by atoms with Crippen LogP contribution >= 0.6 is 0 Å². The van der Waals surface area contributed by atoms with Gasteiger partial charge in [-0.3, -0.25) is 29.6 Å².